The first kappa shape index (κ1) is 17.0. The maximum Gasteiger partial charge on any atom is 0.119 e. The summed E-state index contributed by atoms with van der Waals surface area (Å²) in [6.07, 6.45) is 5.09. The summed E-state index contributed by atoms with van der Waals surface area (Å²) in [6.45, 7) is 1.03. The van der Waals surface area contributed by atoms with E-state index in [0.717, 1.165) is 42.6 Å². The van der Waals surface area contributed by atoms with Crippen molar-refractivity contribution >= 4 is 0 Å². The summed E-state index contributed by atoms with van der Waals surface area (Å²) in [6, 6.07) is 18.2. The molecule has 0 amide bonds. The topological polar surface area (TPSA) is 55.5 Å². The van der Waals surface area contributed by atoms with Crippen molar-refractivity contribution in [3.8, 4) is 5.75 Å². The molecule has 0 aliphatic heterocycles. The Hall–Kier alpha value is -1.84. The van der Waals surface area contributed by atoms with Crippen molar-refractivity contribution in [2.24, 2.45) is 5.73 Å². The molecule has 24 heavy (non-hydrogen) atoms. The standard InChI is InChI=1S/C21H27NO2/c22-15-20(21(23)13-5-2-6-14-21)18-9-11-19(12-10-18)24-16-17-7-3-1-4-8-17/h1,3-4,7-12,20,23H,2,5-6,13-16,22H2. The van der Waals surface area contributed by atoms with Gasteiger partial charge in [0, 0.05) is 12.5 Å². The minimum atomic E-state index is -0.653. The smallest absolute Gasteiger partial charge is 0.119 e. The average Bonchev–Trinajstić information content (AvgIpc) is 2.63. The SMILES string of the molecule is NCC(c1ccc(OCc2ccccc2)cc1)C1(O)CCCCC1. The van der Waals surface area contributed by atoms with Gasteiger partial charge in [0.15, 0.2) is 0 Å². The fourth-order valence-corrected chi connectivity index (χ4v) is 3.72. The summed E-state index contributed by atoms with van der Waals surface area (Å²) in [4.78, 5) is 0. The van der Waals surface area contributed by atoms with Crippen molar-refractivity contribution in [1.82, 2.24) is 0 Å². The van der Waals surface area contributed by atoms with Crippen molar-refractivity contribution in [1.29, 1.82) is 0 Å². The quantitative estimate of drug-likeness (QED) is 0.844. The van der Waals surface area contributed by atoms with Crippen LogP contribution in [-0.4, -0.2) is 17.3 Å². The van der Waals surface area contributed by atoms with Crippen LogP contribution < -0.4 is 10.5 Å². The van der Waals surface area contributed by atoms with E-state index in [9.17, 15) is 5.11 Å². The van der Waals surface area contributed by atoms with Gasteiger partial charge in [-0.25, -0.2) is 0 Å². The van der Waals surface area contributed by atoms with Crippen LogP contribution in [0.3, 0.4) is 0 Å². The minimum absolute atomic E-state index is 0.000901. The van der Waals surface area contributed by atoms with E-state index in [2.05, 4.69) is 12.1 Å². The molecular formula is C21H27NO2. The molecule has 1 unspecified atom stereocenters. The Balaban J connectivity index is 1.66. The third-order valence-corrected chi connectivity index (χ3v) is 5.13. The summed E-state index contributed by atoms with van der Waals surface area (Å²) >= 11 is 0. The molecular weight excluding hydrogens is 298 g/mol. The second kappa shape index (κ2) is 7.82. The zero-order valence-corrected chi connectivity index (χ0v) is 14.2. The summed E-state index contributed by atoms with van der Waals surface area (Å²) in [5.41, 5.74) is 7.61. The molecule has 2 aromatic rings. The average molecular weight is 325 g/mol. The van der Waals surface area contributed by atoms with Gasteiger partial charge in [0.2, 0.25) is 0 Å². The third kappa shape index (κ3) is 3.97. The lowest BCUT2D eigenvalue weighted by Crippen LogP contribution is -2.41. The van der Waals surface area contributed by atoms with Crippen molar-refractivity contribution in [3.05, 3.63) is 65.7 Å². The van der Waals surface area contributed by atoms with Gasteiger partial charge < -0.3 is 15.6 Å². The Morgan fingerprint density at radius 2 is 1.62 bits per heavy atom. The number of hydrogen-bond donors (Lipinski definition) is 2. The first-order valence-electron chi connectivity index (χ1n) is 8.90. The number of benzene rings is 2. The summed E-state index contributed by atoms with van der Waals surface area (Å²) < 4.78 is 5.84. The zero-order valence-electron chi connectivity index (χ0n) is 14.2. The summed E-state index contributed by atoms with van der Waals surface area (Å²) in [5, 5.41) is 11.0. The fraction of sp³-hybridized carbons (Fsp3) is 0.429. The van der Waals surface area contributed by atoms with E-state index in [-0.39, 0.29) is 5.92 Å². The normalized spacial score (nSPS) is 18.1. The van der Waals surface area contributed by atoms with Crippen LogP contribution in [0.2, 0.25) is 0 Å². The molecule has 0 heterocycles. The predicted molar refractivity (Wildman–Crippen MR) is 97.0 cm³/mol. The Morgan fingerprint density at radius 1 is 0.958 bits per heavy atom. The van der Waals surface area contributed by atoms with E-state index in [1.807, 2.05) is 42.5 Å². The molecule has 0 saturated heterocycles. The number of ether oxygens (including phenoxy) is 1. The number of aliphatic hydroxyl groups is 1. The molecule has 3 heteroatoms. The van der Waals surface area contributed by atoms with Crippen LogP contribution in [0, 0.1) is 0 Å². The predicted octanol–water partition coefficient (Wildman–Crippen LogP) is 4.00. The minimum Gasteiger partial charge on any atom is -0.489 e. The second-order valence-electron chi connectivity index (χ2n) is 6.80. The largest absolute Gasteiger partial charge is 0.489 e. The van der Waals surface area contributed by atoms with Gasteiger partial charge in [0.1, 0.15) is 12.4 Å². The van der Waals surface area contributed by atoms with Gasteiger partial charge in [-0.05, 0) is 36.1 Å². The lowest BCUT2D eigenvalue weighted by Gasteiger charge is -2.39. The molecule has 3 nitrogen and oxygen atoms in total. The van der Waals surface area contributed by atoms with E-state index in [4.69, 9.17) is 10.5 Å². The van der Waals surface area contributed by atoms with Crippen molar-refractivity contribution in [2.75, 3.05) is 6.54 Å². The molecule has 0 bridgehead atoms. The molecule has 3 rings (SSSR count). The molecule has 128 valence electrons. The van der Waals surface area contributed by atoms with E-state index in [1.165, 1.54) is 6.42 Å². The Morgan fingerprint density at radius 3 is 2.25 bits per heavy atom. The van der Waals surface area contributed by atoms with Crippen LogP contribution in [0.1, 0.15) is 49.1 Å². The van der Waals surface area contributed by atoms with Crippen LogP contribution in [0.25, 0.3) is 0 Å². The van der Waals surface area contributed by atoms with Gasteiger partial charge in [-0.3, -0.25) is 0 Å². The highest BCUT2D eigenvalue weighted by atomic mass is 16.5. The molecule has 3 N–H and O–H groups in total. The van der Waals surface area contributed by atoms with Crippen molar-refractivity contribution < 1.29 is 9.84 Å². The molecule has 0 aromatic heterocycles. The first-order valence-corrected chi connectivity index (χ1v) is 8.90. The van der Waals surface area contributed by atoms with Crippen LogP contribution in [0.15, 0.2) is 54.6 Å². The monoisotopic (exact) mass is 325 g/mol. The van der Waals surface area contributed by atoms with Gasteiger partial charge in [0.05, 0.1) is 5.60 Å². The highest BCUT2D eigenvalue weighted by molar-refractivity contribution is 5.32. The highest BCUT2D eigenvalue weighted by Crippen LogP contribution is 2.39. The van der Waals surface area contributed by atoms with Gasteiger partial charge in [0.25, 0.3) is 0 Å². The molecule has 1 fully saturated rings. The van der Waals surface area contributed by atoms with Crippen molar-refractivity contribution in [3.63, 3.8) is 0 Å². The molecule has 0 spiro atoms. The summed E-state index contributed by atoms with van der Waals surface area (Å²) in [5.74, 6) is 0.843. The van der Waals surface area contributed by atoms with Crippen LogP contribution in [-0.2, 0) is 6.61 Å². The van der Waals surface area contributed by atoms with E-state index in [1.54, 1.807) is 0 Å². The lowest BCUT2D eigenvalue weighted by atomic mass is 9.73. The van der Waals surface area contributed by atoms with Gasteiger partial charge in [-0.15, -0.1) is 0 Å². The van der Waals surface area contributed by atoms with Gasteiger partial charge in [-0.2, -0.15) is 0 Å². The van der Waals surface area contributed by atoms with Crippen LogP contribution in [0.4, 0.5) is 0 Å². The Bertz CT molecular complexity index is 618. The second-order valence-corrected chi connectivity index (χ2v) is 6.80. The number of nitrogens with two attached hydrogens (primary N) is 1. The van der Waals surface area contributed by atoms with Crippen molar-refractivity contribution in [2.45, 2.75) is 50.2 Å². The Kier molecular flexibility index (Phi) is 5.54. The molecule has 0 radical (unpaired) electrons. The fourth-order valence-electron chi connectivity index (χ4n) is 3.72. The van der Waals surface area contributed by atoms with Gasteiger partial charge >= 0.3 is 0 Å². The first-order chi connectivity index (χ1) is 11.7. The Labute approximate surface area is 144 Å². The number of rotatable bonds is 6. The van der Waals surface area contributed by atoms with Crippen LogP contribution >= 0.6 is 0 Å². The molecule has 1 atom stereocenters. The molecule has 2 aromatic carbocycles. The van der Waals surface area contributed by atoms with Crippen LogP contribution in [0.5, 0.6) is 5.75 Å². The molecule has 1 saturated carbocycles. The van der Waals surface area contributed by atoms with Gasteiger partial charge in [-0.1, -0.05) is 61.7 Å². The number of hydrogen-bond acceptors (Lipinski definition) is 3. The zero-order chi connectivity index (χ0) is 16.8. The third-order valence-electron chi connectivity index (χ3n) is 5.13. The molecule has 1 aliphatic rings. The van der Waals surface area contributed by atoms with E-state index >= 15 is 0 Å². The highest BCUT2D eigenvalue weighted by Gasteiger charge is 2.37. The van der Waals surface area contributed by atoms with E-state index < -0.39 is 5.60 Å². The summed E-state index contributed by atoms with van der Waals surface area (Å²) in [7, 11) is 0. The maximum atomic E-state index is 11.0. The maximum absolute atomic E-state index is 11.0. The van der Waals surface area contributed by atoms with E-state index in [0.29, 0.717) is 13.2 Å². The molecule has 1 aliphatic carbocycles. The lowest BCUT2D eigenvalue weighted by molar-refractivity contribution is -0.0194.